The highest BCUT2D eigenvalue weighted by atomic mass is 35.5. The minimum absolute atomic E-state index is 0.547. The monoisotopic (exact) mass is 267 g/mol. The second-order valence-corrected chi connectivity index (χ2v) is 5.93. The van der Waals surface area contributed by atoms with Gasteiger partial charge in [0.2, 0.25) is 0 Å². The first kappa shape index (κ1) is 15.5. The molecule has 0 heterocycles. The van der Waals surface area contributed by atoms with Crippen LogP contribution < -0.4 is 5.32 Å². The maximum atomic E-state index is 5.93. The zero-order chi connectivity index (χ0) is 13.5. The predicted molar refractivity (Wildman–Crippen MR) is 81.2 cm³/mol. The van der Waals surface area contributed by atoms with E-state index in [0.29, 0.717) is 17.9 Å². The number of hydrogen-bond donors (Lipinski definition) is 1. The predicted octanol–water partition coefficient (Wildman–Crippen LogP) is 4.54. The number of nitrogens with one attached hydrogen (secondary N) is 1. The highest BCUT2D eigenvalue weighted by Crippen LogP contribution is 2.19. The summed E-state index contributed by atoms with van der Waals surface area (Å²) in [6.45, 7) is 10.2. The molecule has 1 rings (SSSR count). The zero-order valence-electron chi connectivity index (χ0n) is 12.0. The molecule has 1 N–H and O–H groups in total. The molecule has 0 bridgehead atoms. The van der Waals surface area contributed by atoms with E-state index >= 15 is 0 Å². The van der Waals surface area contributed by atoms with Gasteiger partial charge in [-0.2, -0.15) is 0 Å². The highest BCUT2D eigenvalue weighted by molar-refractivity contribution is 6.30. The smallest absolute Gasteiger partial charge is 0.0406 e. The molecular weight excluding hydrogens is 242 g/mol. The van der Waals surface area contributed by atoms with Crippen LogP contribution in [0.4, 0.5) is 0 Å². The van der Waals surface area contributed by atoms with Gasteiger partial charge >= 0.3 is 0 Å². The van der Waals surface area contributed by atoms with Crippen LogP contribution in [0.5, 0.6) is 0 Å². The Morgan fingerprint density at radius 1 is 1.11 bits per heavy atom. The van der Waals surface area contributed by atoms with Crippen molar-refractivity contribution in [1.29, 1.82) is 0 Å². The first-order valence-corrected chi connectivity index (χ1v) is 7.40. The van der Waals surface area contributed by atoms with Gasteiger partial charge in [-0.1, -0.05) is 51.4 Å². The fourth-order valence-corrected chi connectivity index (χ4v) is 2.24. The summed E-state index contributed by atoms with van der Waals surface area (Å²) in [7, 11) is 0. The Labute approximate surface area is 117 Å². The molecule has 0 aliphatic heterocycles. The van der Waals surface area contributed by atoms with Crippen molar-refractivity contribution in [3.05, 3.63) is 34.9 Å². The summed E-state index contributed by atoms with van der Waals surface area (Å²) in [5.41, 5.74) is 1.36. The van der Waals surface area contributed by atoms with E-state index in [2.05, 4.69) is 45.1 Å². The molecule has 1 aromatic carbocycles. The molecule has 0 aliphatic carbocycles. The molecule has 0 aliphatic rings. The summed E-state index contributed by atoms with van der Waals surface area (Å²) in [5, 5.41) is 4.49. The summed E-state index contributed by atoms with van der Waals surface area (Å²) >= 11 is 5.93. The summed E-state index contributed by atoms with van der Waals surface area (Å²) in [5.74, 6) is 1.37. The van der Waals surface area contributed by atoms with Gasteiger partial charge in [-0.15, -0.1) is 0 Å². The van der Waals surface area contributed by atoms with Gasteiger partial charge in [0, 0.05) is 11.1 Å². The topological polar surface area (TPSA) is 12.0 Å². The summed E-state index contributed by atoms with van der Waals surface area (Å²) < 4.78 is 0. The first-order chi connectivity index (χ1) is 8.54. The van der Waals surface area contributed by atoms with Gasteiger partial charge in [0.1, 0.15) is 0 Å². The average Bonchev–Trinajstić information content (AvgIpc) is 2.35. The van der Waals surface area contributed by atoms with E-state index in [0.717, 1.165) is 18.0 Å². The van der Waals surface area contributed by atoms with Crippen LogP contribution in [0.25, 0.3) is 0 Å². The maximum absolute atomic E-state index is 5.93. The van der Waals surface area contributed by atoms with Crippen LogP contribution in [0.3, 0.4) is 0 Å². The molecule has 2 atom stereocenters. The number of benzene rings is 1. The van der Waals surface area contributed by atoms with E-state index < -0.39 is 0 Å². The minimum atomic E-state index is 0.547. The lowest BCUT2D eigenvalue weighted by Crippen LogP contribution is -2.39. The van der Waals surface area contributed by atoms with Gasteiger partial charge in [0.15, 0.2) is 0 Å². The van der Waals surface area contributed by atoms with E-state index in [4.69, 9.17) is 11.6 Å². The third-order valence-corrected chi connectivity index (χ3v) is 3.96. The Morgan fingerprint density at radius 3 is 2.22 bits per heavy atom. The molecule has 0 radical (unpaired) electrons. The third-order valence-electron chi connectivity index (χ3n) is 3.71. The van der Waals surface area contributed by atoms with Crippen molar-refractivity contribution in [2.45, 2.75) is 46.6 Å². The summed E-state index contributed by atoms with van der Waals surface area (Å²) in [4.78, 5) is 0. The van der Waals surface area contributed by atoms with Gasteiger partial charge in [-0.3, -0.25) is 0 Å². The molecule has 0 saturated carbocycles. The fourth-order valence-electron chi connectivity index (χ4n) is 2.11. The van der Waals surface area contributed by atoms with Crippen LogP contribution in [0.2, 0.25) is 5.02 Å². The number of hydrogen-bond acceptors (Lipinski definition) is 1. The van der Waals surface area contributed by atoms with Crippen molar-refractivity contribution in [2.75, 3.05) is 6.54 Å². The van der Waals surface area contributed by atoms with Crippen LogP contribution in [-0.2, 0) is 6.42 Å². The molecule has 102 valence electrons. The van der Waals surface area contributed by atoms with E-state index in [1.165, 1.54) is 12.0 Å². The van der Waals surface area contributed by atoms with Crippen LogP contribution in [-0.4, -0.2) is 12.6 Å². The van der Waals surface area contributed by atoms with E-state index in [9.17, 15) is 0 Å². The van der Waals surface area contributed by atoms with E-state index in [1.807, 2.05) is 12.1 Å². The molecule has 0 amide bonds. The van der Waals surface area contributed by atoms with Gasteiger partial charge in [-0.25, -0.2) is 0 Å². The van der Waals surface area contributed by atoms with Crippen molar-refractivity contribution < 1.29 is 0 Å². The fraction of sp³-hybridized carbons (Fsp3) is 0.625. The Hall–Kier alpha value is -0.530. The van der Waals surface area contributed by atoms with Crippen LogP contribution >= 0.6 is 11.6 Å². The lowest BCUT2D eigenvalue weighted by atomic mass is 9.86. The molecule has 2 unspecified atom stereocenters. The maximum Gasteiger partial charge on any atom is 0.0406 e. The molecule has 0 spiro atoms. The summed E-state index contributed by atoms with van der Waals surface area (Å²) in [6.07, 6.45) is 2.26. The lowest BCUT2D eigenvalue weighted by Gasteiger charge is -2.28. The largest absolute Gasteiger partial charge is 0.313 e. The molecule has 0 aromatic heterocycles. The molecule has 18 heavy (non-hydrogen) atoms. The molecule has 1 aromatic rings. The quantitative estimate of drug-likeness (QED) is 0.765. The van der Waals surface area contributed by atoms with Gasteiger partial charge in [0.05, 0.1) is 0 Å². The molecule has 0 fully saturated rings. The van der Waals surface area contributed by atoms with Crippen molar-refractivity contribution in [1.82, 2.24) is 5.32 Å². The molecular formula is C16H26ClN. The second-order valence-electron chi connectivity index (χ2n) is 5.49. The Balaban J connectivity index is 2.68. The summed E-state index contributed by atoms with van der Waals surface area (Å²) in [6, 6.07) is 8.78. The van der Waals surface area contributed by atoms with Gasteiger partial charge in [0.25, 0.3) is 0 Å². The van der Waals surface area contributed by atoms with Gasteiger partial charge in [-0.05, 0) is 48.9 Å². The zero-order valence-corrected chi connectivity index (χ0v) is 12.8. The van der Waals surface area contributed by atoms with Crippen LogP contribution in [0, 0.1) is 11.8 Å². The Morgan fingerprint density at radius 2 is 1.72 bits per heavy atom. The van der Waals surface area contributed by atoms with Gasteiger partial charge < -0.3 is 5.32 Å². The van der Waals surface area contributed by atoms with Crippen molar-refractivity contribution in [3.63, 3.8) is 0 Å². The van der Waals surface area contributed by atoms with Crippen molar-refractivity contribution >= 4 is 11.6 Å². The minimum Gasteiger partial charge on any atom is -0.313 e. The average molecular weight is 268 g/mol. The van der Waals surface area contributed by atoms with E-state index in [-0.39, 0.29) is 0 Å². The van der Waals surface area contributed by atoms with Crippen LogP contribution in [0.15, 0.2) is 24.3 Å². The molecule has 1 nitrogen and oxygen atoms in total. The van der Waals surface area contributed by atoms with Crippen molar-refractivity contribution in [2.24, 2.45) is 11.8 Å². The number of halogens is 1. The Kier molecular flexibility index (Phi) is 6.73. The standard InChI is InChI=1S/C16H26ClN/c1-5-10-18-16(13(4)12(2)3)11-14-6-8-15(17)9-7-14/h6-9,12-13,16,18H,5,10-11H2,1-4H3. The van der Waals surface area contributed by atoms with Crippen LogP contribution in [0.1, 0.15) is 39.7 Å². The third kappa shape index (κ3) is 4.99. The molecule has 0 saturated heterocycles. The van der Waals surface area contributed by atoms with Crippen molar-refractivity contribution in [3.8, 4) is 0 Å². The number of rotatable bonds is 7. The lowest BCUT2D eigenvalue weighted by molar-refractivity contribution is 0.297. The normalized spacial score (nSPS) is 14.8. The van der Waals surface area contributed by atoms with E-state index in [1.54, 1.807) is 0 Å². The molecule has 2 heteroatoms. The highest BCUT2D eigenvalue weighted by Gasteiger charge is 2.19. The Bertz CT molecular complexity index is 331. The SMILES string of the molecule is CCCNC(Cc1ccc(Cl)cc1)C(C)C(C)C. The first-order valence-electron chi connectivity index (χ1n) is 7.02. The second kappa shape index (κ2) is 7.81.